The normalized spacial score (nSPS) is 38.1. The molecule has 0 aromatic carbocycles. The molecule has 2 atom stereocenters. The summed E-state index contributed by atoms with van der Waals surface area (Å²) in [7, 11) is 0. The Bertz CT molecular complexity index is 116. The Morgan fingerprint density at radius 3 is 2.80 bits per heavy atom. The molecule has 1 aliphatic rings. The summed E-state index contributed by atoms with van der Waals surface area (Å²) in [5, 5.41) is 8.56. The molecule has 1 rings (SSSR count). The molecule has 1 saturated carbocycles. The highest BCUT2D eigenvalue weighted by Crippen LogP contribution is 2.46. The number of rotatable bonds is 4. The molecule has 2 heteroatoms. The molecule has 0 spiro atoms. The molecule has 0 aromatic rings. The van der Waals surface area contributed by atoms with Gasteiger partial charge in [0.1, 0.15) is 0 Å². The molecule has 0 bridgehead atoms. The second-order valence-electron chi connectivity index (χ2n) is 3.37. The van der Waals surface area contributed by atoms with E-state index in [0.29, 0.717) is 0 Å². The second-order valence-corrected chi connectivity index (χ2v) is 3.37. The Balaban J connectivity index is 2.16. The average Bonchev–Trinajstić information content (AvgIpc) is 2.59. The van der Waals surface area contributed by atoms with Crippen molar-refractivity contribution in [3.05, 3.63) is 0 Å². The standard InChI is InChI=1S/C8H17NO/c1-2-7-6-8(7,9)4-3-5-10/h7,10H,2-6,9H2,1H3. The van der Waals surface area contributed by atoms with Gasteiger partial charge in [0.05, 0.1) is 0 Å². The van der Waals surface area contributed by atoms with E-state index in [9.17, 15) is 0 Å². The molecule has 0 aromatic heterocycles. The Hall–Kier alpha value is -0.0800. The molecule has 0 saturated heterocycles. The lowest BCUT2D eigenvalue weighted by Crippen LogP contribution is -2.24. The van der Waals surface area contributed by atoms with Gasteiger partial charge < -0.3 is 10.8 Å². The van der Waals surface area contributed by atoms with Crippen LogP contribution in [0, 0.1) is 5.92 Å². The predicted octanol–water partition coefficient (Wildman–Crippen LogP) is 0.886. The Labute approximate surface area is 62.4 Å². The lowest BCUT2D eigenvalue weighted by molar-refractivity contribution is 0.275. The van der Waals surface area contributed by atoms with E-state index in [2.05, 4.69) is 6.92 Å². The molecular weight excluding hydrogens is 126 g/mol. The van der Waals surface area contributed by atoms with Crippen molar-refractivity contribution in [2.75, 3.05) is 6.61 Å². The first-order valence-electron chi connectivity index (χ1n) is 4.12. The fraction of sp³-hybridized carbons (Fsp3) is 1.00. The Morgan fingerprint density at radius 1 is 1.70 bits per heavy atom. The molecule has 10 heavy (non-hydrogen) atoms. The molecule has 0 amide bonds. The molecule has 0 radical (unpaired) electrons. The van der Waals surface area contributed by atoms with Gasteiger partial charge in [0.25, 0.3) is 0 Å². The van der Waals surface area contributed by atoms with E-state index in [1.807, 2.05) is 0 Å². The van der Waals surface area contributed by atoms with Crippen molar-refractivity contribution in [1.29, 1.82) is 0 Å². The van der Waals surface area contributed by atoms with Gasteiger partial charge in [-0.05, 0) is 25.2 Å². The maximum atomic E-state index is 8.56. The van der Waals surface area contributed by atoms with Gasteiger partial charge in [0.15, 0.2) is 0 Å². The summed E-state index contributed by atoms with van der Waals surface area (Å²) >= 11 is 0. The van der Waals surface area contributed by atoms with Crippen molar-refractivity contribution in [2.24, 2.45) is 11.7 Å². The summed E-state index contributed by atoms with van der Waals surface area (Å²) in [6.45, 7) is 2.47. The summed E-state index contributed by atoms with van der Waals surface area (Å²) in [5.74, 6) is 0.735. The molecule has 60 valence electrons. The zero-order valence-electron chi connectivity index (χ0n) is 6.64. The number of aliphatic hydroxyl groups is 1. The van der Waals surface area contributed by atoms with Crippen LogP contribution in [-0.4, -0.2) is 17.3 Å². The highest BCUT2D eigenvalue weighted by molar-refractivity contribution is 5.06. The van der Waals surface area contributed by atoms with Gasteiger partial charge in [0, 0.05) is 12.1 Å². The van der Waals surface area contributed by atoms with Gasteiger partial charge in [0.2, 0.25) is 0 Å². The van der Waals surface area contributed by atoms with Gasteiger partial charge in [-0.3, -0.25) is 0 Å². The summed E-state index contributed by atoms with van der Waals surface area (Å²) in [6, 6.07) is 0. The minimum atomic E-state index is 0.109. The first-order chi connectivity index (χ1) is 4.73. The predicted molar refractivity (Wildman–Crippen MR) is 41.6 cm³/mol. The fourth-order valence-electron chi connectivity index (χ4n) is 1.67. The molecular formula is C8H17NO. The summed E-state index contributed by atoms with van der Waals surface area (Å²) < 4.78 is 0. The highest BCUT2D eigenvalue weighted by atomic mass is 16.2. The van der Waals surface area contributed by atoms with Crippen molar-refractivity contribution in [1.82, 2.24) is 0 Å². The van der Waals surface area contributed by atoms with Crippen LogP contribution in [0.3, 0.4) is 0 Å². The molecule has 1 aliphatic carbocycles. The zero-order valence-corrected chi connectivity index (χ0v) is 6.64. The molecule has 1 fully saturated rings. The van der Waals surface area contributed by atoms with Crippen molar-refractivity contribution in [3.63, 3.8) is 0 Å². The van der Waals surface area contributed by atoms with Crippen LogP contribution < -0.4 is 5.73 Å². The van der Waals surface area contributed by atoms with Crippen LogP contribution in [0.2, 0.25) is 0 Å². The topological polar surface area (TPSA) is 46.2 Å². The van der Waals surface area contributed by atoms with Gasteiger partial charge in [-0.15, -0.1) is 0 Å². The third kappa shape index (κ3) is 1.50. The maximum Gasteiger partial charge on any atom is 0.0431 e. The van der Waals surface area contributed by atoms with Gasteiger partial charge in [-0.2, -0.15) is 0 Å². The van der Waals surface area contributed by atoms with Crippen LogP contribution in [-0.2, 0) is 0 Å². The van der Waals surface area contributed by atoms with Crippen LogP contribution in [0.1, 0.15) is 32.6 Å². The third-order valence-corrected chi connectivity index (χ3v) is 2.57. The van der Waals surface area contributed by atoms with Crippen LogP contribution in [0.5, 0.6) is 0 Å². The van der Waals surface area contributed by atoms with Crippen LogP contribution >= 0.6 is 0 Å². The SMILES string of the molecule is CCC1CC1(N)CCCO. The lowest BCUT2D eigenvalue weighted by Gasteiger charge is -2.08. The van der Waals surface area contributed by atoms with E-state index < -0.39 is 0 Å². The Kier molecular flexibility index (Phi) is 2.32. The molecule has 0 heterocycles. The van der Waals surface area contributed by atoms with E-state index in [4.69, 9.17) is 10.8 Å². The van der Waals surface area contributed by atoms with Crippen molar-refractivity contribution >= 4 is 0 Å². The van der Waals surface area contributed by atoms with E-state index >= 15 is 0 Å². The molecule has 3 N–H and O–H groups in total. The van der Waals surface area contributed by atoms with Crippen LogP contribution in [0.4, 0.5) is 0 Å². The number of aliphatic hydroxyl groups excluding tert-OH is 1. The Morgan fingerprint density at radius 2 is 2.40 bits per heavy atom. The van der Waals surface area contributed by atoms with Gasteiger partial charge >= 0.3 is 0 Å². The number of hydrogen-bond donors (Lipinski definition) is 2. The molecule has 0 aliphatic heterocycles. The summed E-state index contributed by atoms with van der Waals surface area (Å²) in [4.78, 5) is 0. The lowest BCUT2D eigenvalue weighted by atomic mass is 10.1. The minimum absolute atomic E-state index is 0.109. The maximum absolute atomic E-state index is 8.56. The fourth-order valence-corrected chi connectivity index (χ4v) is 1.67. The number of hydrogen-bond acceptors (Lipinski definition) is 2. The third-order valence-electron chi connectivity index (χ3n) is 2.57. The van der Waals surface area contributed by atoms with E-state index in [1.165, 1.54) is 12.8 Å². The largest absolute Gasteiger partial charge is 0.396 e. The monoisotopic (exact) mass is 143 g/mol. The first-order valence-corrected chi connectivity index (χ1v) is 4.12. The quantitative estimate of drug-likeness (QED) is 0.614. The highest BCUT2D eigenvalue weighted by Gasteiger charge is 2.48. The van der Waals surface area contributed by atoms with E-state index in [0.717, 1.165) is 18.8 Å². The van der Waals surface area contributed by atoms with Crippen LogP contribution in [0.15, 0.2) is 0 Å². The second kappa shape index (κ2) is 2.89. The molecule has 2 unspecified atom stereocenters. The van der Waals surface area contributed by atoms with E-state index in [-0.39, 0.29) is 12.1 Å². The first kappa shape index (κ1) is 8.02. The summed E-state index contributed by atoms with van der Waals surface area (Å²) in [5.41, 5.74) is 6.08. The molecule has 2 nitrogen and oxygen atoms in total. The smallest absolute Gasteiger partial charge is 0.0431 e. The van der Waals surface area contributed by atoms with Gasteiger partial charge in [-0.25, -0.2) is 0 Å². The number of nitrogens with two attached hydrogens (primary N) is 1. The van der Waals surface area contributed by atoms with Crippen LogP contribution in [0.25, 0.3) is 0 Å². The van der Waals surface area contributed by atoms with Gasteiger partial charge in [-0.1, -0.05) is 13.3 Å². The van der Waals surface area contributed by atoms with E-state index in [1.54, 1.807) is 0 Å². The van der Waals surface area contributed by atoms with Crippen molar-refractivity contribution in [2.45, 2.75) is 38.1 Å². The van der Waals surface area contributed by atoms with Crippen molar-refractivity contribution < 1.29 is 5.11 Å². The summed E-state index contributed by atoms with van der Waals surface area (Å²) in [6.07, 6.45) is 4.24. The van der Waals surface area contributed by atoms with Crippen molar-refractivity contribution in [3.8, 4) is 0 Å². The zero-order chi connectivity index (χ0) is 7.61. The minimum Gasteiger partial charge on any atom is -0.396 e. The average molecular weight is 143 g/mol.